The highest BCUT2D eigenvalue weighted by molar-refractivity contribution is 8.00. The Morgan fingerprint density at radius 2 is 1.45 bits per heavy atom. The minimum atomic E-state index is -2.52. The molecule has 41 heteroatoms. The summed E-state index contributed by atoms with van der Waals surface area (Å²) in [6.07, 6.45) is 16.5. The molecule has 0 spiro atoms. The van der Waals surface area contributed by atoms with Crippen LogP contribution in [0.15, 0.2) is 89.2 Å². The van der Waals surface area contributed by atoms with E-state index < -0.39 is 90.1 Å². The summed E-state index contributed by atoms with van der Waals surface area (Å²) < 4.78 is 49.4. The molecule has 4 saturated heterocycles. The lowest BCUT2D eigenvalue weighted by Crippen LogP contribution is -2.61. The molecule has 2 bridgehead atoms. The van der Waals surface area contributed by atoms with Crippen LogP contribution < -0.4 is 43.0 Å². The monoisotopic (exact) mass is 1910 g/mol. The van der Waals surface area contributed by atoms with E-state index >= 15 is 0 Å². The normalized spacial score (nSPS) is 26.7. The van der Waals surface area contributed by atoms with Gasteiger partial charge in [0.25, 0.3) is 23.6 Å². The van der Waals surface area contributed by atoms with Crippen molar-refractivity contribution < 1.29 is 91.6 Å². The lowest BCUT2D eigenvalue weighted by Gasteiger charge is -2.42. The molecule has 1 aromatic carbocycles. The first-order chi connectivity index (χ1) is 65.4. The SMILES string of the molecule is CO[C@H]1C[C@@H]2CC[C@@H](C)[C@@](O)(O2)C(=O)C(=O)N2CCCC[C@H]2C(=O)O[C@H]([C@H](N)CC2CCC(O)CC2)C[C@@H](O)[C@H](C)/C=C(\C)[C@@H](O)[C@@H](OC)C(=N)[C@H](C)C[C@H](C)SC(COCC(=O)NCc2cnc(N3CCN(C(=O)CCOCCN4CCN(c5ncc(C(=O)NCCOCCC(=O)NCCCCn6nc(-c7ccc8oc(N)nc8c7)c7c(N)ncnc76)cn5)CC4)CC3)nc2)C=CC=C1C. The molecule has 744 valence electrons. The number of carbonyl (C=O) groups is 7. The predicted molar refractivity (Wildman–Crippen MR) is 511 cm³/mol. The zero-order valence-corrected chi connectivity index (χ0v) is 80.4. The minimum absolute atomic E-state index is 0.00701. The topological polar surface area (TPSA) is 540 Å². The number of cyclic esters (lactones) is 1. The summed E-state index contributed by atoms with van der Waals surface area (Å²) in [4.78, 5) is 136. The van der Waals surface area contributed by atoms with Crippen LogP contribution in [0.5, 0.6) is 0 Å². The van der Waals surface area contributed by atoms with E-state index in [2.05, 4.69) is 60.6 Å². The van der Waals surface area contributed by atoms with Crippen molar-refractivity contribution in [3.05, 3.63) is 95.9 Å². The van der Waals surface area contributed by atoms with Crippen molar-refractivity contribution >= 4 is 105 Å². The number of nitrogens with two attached hydrogens (primary N) is 3. The number of esters is 1. The number of nitrogens with one attached hydrogen (secondary N) is 4. The number of nitrogens with zero attached hydrogens (tertiary/aromatic N) is 14. The van der Waals surface area contributed by atoms with Gasteiger partial charge < -0.3 is 116 Å². The predicted octanol–water partition coefficient (Wildman–Crippen LogP) is 5.42. The maximum Gasteiger partial charge on any atom is 0.329 e. The second-order valence-electron chi connectivity index (χ2n) is 36.8. The maximum atomic E-state index is 14.6. The van der Waals surface area contributed by atoms with Gasteiger partial charge >= 0.3 is 5.97 Å². The number of ether oxygens (including phenoxy) is 7. The van der Waals surface area contributed by atoms with Gasteiger partial charge in [0, 0.05) is 195 Å². The second-order valence-corrected chi connectivity index (χ2v) is 38.4. The Morgan fingerprint density at radius 1 is 0.735 bits per heavy atom. The molecule has 1 unspecified atom stereocenters. The van der Waals surface area contributed by atoms with Crippen LogP contribution in [-0.4, -0.2) is 330 Å². The zero-order chi connectivity index (χ0) is 97.1. The Hall–Kier alpha value is -10.2. The fourth-order valence-electron chi connectivity index (χ4n) is 18.4. The summed E-state index contributed by atoms with van der Waals surface area (Å²) in [5.41, 5.74) is 24.5. The van der Waals surface area contributed by atoms with Gasteiger partial charge in [-0.1, -0.05) is 52.0 Å². The summed E-state index contributed by atoms with van der Waals surface area (Å²) in [5.74, 6) is -6.72. The van der Waals surface area contributed by atoms with Gasteiger partial charge in [-0.15, -0.1) is 11.8 Å². The average Bonchev–Trinajstić information content (AvgIpc) is 1.70. The summed E-state index contributed by atoms with van der Waals surface area (Å²) in [6, 6.07) is 3.58. The van der Waals surface area contributed by atoms with E-state index in [9.17, 15) is 59.4 Å². The summed E-state index contributed by atoms with van der Waals surface area (Å²) in [6.45, 7) is 19.0. The first-order valence-electron chi connectivity index (χ1n) is 47.8. The molecule has 14 atom stereocenters. The molecule has 1 saturated carbocycles. The molecule has 5 aromatic heterocycles. The quantitative estimate of drug-likeness (QED) is 0.0109. The van der Waals surface area contributed by atoms with Gasteiger partial charge in [0.05, 0.1) is 74.8 Å². The molecule has 5 fully saturated rings. The average molecular weight is 1910 g/mol. The summed E-state index contributed by atoms with van der Waals surface area (Å²) in [5, 5.41) is 69.5. The van der Waals surface area contributed by atoms with Crippen molar-refractivity contribution in [2.24, 2.45) is 29.4 Å². The minimum Gasteiger partial charge on any atom is -0.459 e. The number of Topliss-reactive ketones (excluding diaryl/α,β-unsaturated/α-hetero) is 1. The van der Waals surface area contributed by atoms with Gasteiger partial charge in [0.15, 0.2) is 11.2 Å². The summed E-state index contributed by atoms with van der Waals surface area (Å²) in [7, 11) is 2.99. The number of allylic oxidation sites excluding steroid dienone is 2. The van der Waals surface area contributed by atoms with Crippen molar-refractivity contribution in [2.75, 3.05) is 154 Å². The van der Waals surface area contributed by atoms with Crippen LogP contribution in [0.3, 0.4) is 0 Å². The van der Waals surface area contributed by atoms with Crippen LogP contribution in [-0.2, 0) is 75.0 Å². The van der Waals surface area contributed by atoms with E-state index in [4.69, 9.17) is 59.9 Å². The van der Waals surface area contributed by atoms with Crippen molar-refractivity contribution in [2.45, 2.75) is 235 Å². The molecule has 1 aliphatic carbocycles. The number of benzene rings is 1. The number of unbranched alkanes of at least 4 members (excludes halogenated alkanes) is 1. The Morgan fingerprint density at radius 3 is 2.18 bits per heavy atom. The van der Waals surface area contributed by atoms with Gasteiger partial charge in [-0.05, 0) is 138 Å². The number of anilines is 4. The van der Waals surface area contributed by atoms with Gasteiger partial charge in [-0.2, -0.15) is 10.1 Å². The van der Waals surface area contributed by atoms with Crippen molar-refractivity contribution in [3.63, 3.8) is 0 Å². The molecule has 136 heavy (non-hydrogen) atoms. The molecule has 6 aromatic rings. The Kier molecular flexibility index (Phi) is 39.3. The molecule has 14 N–H and O–H groups in total. The number of fused-ring (bicyclic) bond motifs is 5. The summed E-state index contributed by atoms with van der Waals surface area (Å²) >= 11 is 1.58. The van der Waals surface area contributed by atoms with E-state index in [0.717, 1.165) is 37.1 Å². The van der Waals surface area contributed by atoms with E-state index in [0.29, 0.717) is 199 Å². The molecular weight excluding hydrogens is 1770 g/mol. The van der Waals surface area contributed by atoms with Crippen LogP contribution in [0.4, 0.5) is 23.7 Å². The van der Waals surface area contributed by atoms with Crippen LogP contribution in [0, 0.1) is 29.1 Å². The highest BCUT2D eigenvalue weighted by atomic mass is 32.2. The van der Waals surface area contributed by atoms with Crippen molar-refractivity contribution in [3.8, 4) is 11.3 Å². The number of piperazine rings is 2. The van der Waals surface area contributed by atoms with E-state index in [1.165, 1.54) is 30.7 Å². The Balaban J connectivity index is 0.535. The molecule has 40 nitrogen and oxygen atoms in total. The number of aromatic nitrogens is 9. The number of amides is 5. The van der Waals surface area contributed by atoms with Crippen LogP contribution >= 0.6 is 11.8 Å². The van der Waals surface area contributed by atoms with Crippen LogP contribution in [0.25, 0.3) is 33.4 Å². The van der Waals surface area contributed by atoms with E-state index in [-0.39, 0.29) is 136 Å². The Bertz CT molecular complexity index is 5040. The lowest BCUT2D eigenvalue weighted by molar-refractivity contribution is -0.265. The third kappa shape index (κ3) is 29.0. The second kappa shape index (κ2) is 51.0. The molecule has 6 aliphatic rings. The van der Waals surface area contributed by atoms with Gasteiger partial charge in [-0.25, -0.2) is 39.4 Å². The van der Waals surface area contributed by atoms with Gasteiger partial charge in [0.1, 0.15) is 54.3 Å². The number of hydrogen-bond donors (Lipinski definition) is 11. The number of hydrogen-bond acceptors (Lipinski definition) is 35. The third-order valence-corrected chi connectivity index (χ3v) is 28.0. The number of ketones is 1. The fraction of sp³-hybridized carbons (Fsp3) is 0.642. The Labute approximate surface area is 798 Å². The zero-order valence-electron chi connectivity index (χ0n) is 79.6. The van der Waals surface area contributed by atoms with E-state index in [1.54, 1.807) is 68.9 Å². The first kappa shape index (κ1) is 105. The molecule has 0 radical (unpaired) electrons. The van der Waals surface area contributed by atoms with Crippen LogP contribution in [0.1, 0.15) is 167 Å². The smallest absolute Gasteiger partial charge is 0.329 e. The number of aliphatic hydroxyl groups is 4. The largest absolute Gasteiger partial charge is 0.459 e. The lowest BCUT2D eigenvalue weighted by atomic mass is 9.81. The number of thioether (sulfide) groups is 1. The number of aliphatic hydroxyl groups excluding tert-OH is 3. The molecule has 10 heterocycles. The van der Waals surface area contributed by atoms with Gasteiger partial charge in [-0.3, -0.25) is 33.7 Å². The first-order valence-corrected chi connectivity index (χ1v) is 48.8. The van der Waals surface area contributed by atoms with Crippen molar-refractivity contribution in [1.29, 1.82) is 5.41 Å². The standard InChI is InChI=1S/C95H139N21O19S/c1-58-14-13-15-70(136-63(6)45-60(3)82(97)85(129-8)84(122)61(4)44-59(2)74(118)49-77(71(96)46-64-18-21-68(117)22-19-64)133-91(126)73-16-9-11-29-115(73)90(125)86(123)95(127)62(5)17-23-69(135-95)48-76(58)128-7)55-132-56-79(120)102-50-65-51-103-93(104-52-65)114-37-35-112(36-38-114)80(121)26-41-131-43-39-111-31-33-113(34-32-111)94-105-53-67(54-106-94)89(124)101-28-42-130-40-25-78(119)100-27-10-12-30-116-88-81(87(98)107-57-108-88)83(110-116)66-20-24-75-72(47-66)109-92(99)134-75/h13-15,20,24,44,47,51-54,57,59-60,62-64,68-71,73-74,76-77,84-85,97,117-118,122,127H,9-12,16-19,21-23,25-43,45-46,48-50,55-56,96H2,1-8H3,(H2,99,109)(H,100,119)(H,101,124)(H,102,120)(H2,98,107,108)/b15-13?,58-14?,61-44+,97-82?/t59-,60-,62-,63+,64?,68?,69+,70?,71-,73+,74-,76+,77+,84-,85+,95-/m1/s1. The molecule has 5 aliphatic heterocycles. The number of nitrogen functional groups attached to an aromatic ring is 2. The number of aryl methyl sites for hydroxylation is 1. The maximum absolute atomic E-state index is 14.6. The third-order valence-electron chi connectivity index (χ3n) is 26.7. The number of carbonyl (C=O) groups excluding carboxylic acids is 7. The van der Waals surface area contributed by atoms with E-state index in [1.807, 2.05) is 60.9 Å². The molecular formula is C95H139N21O19S. The van der Waals surface area contributed by atoms with Crippen LogP contribution in [0.2, 0.25) is 0 Å². The highest BCUT2D eigenvalue weighted by Gasteiger charge is 2.53. The highest BCUT2D eigenvalue weighted by Crippen LogP contribution is 2.39. The number of piperidine rings is 1. The number of rotatable bonds is 32. The fourth-order valence-corrected chi connectivity index (χ4v) is 19.8. The number of methoxy groups -OCH3 is 2. The van der Waals surface area contributed by atoms with Gasteiger partial charge in [0.2, 0.25) is 35.4 Å². The molecule has 5 amide bonds. The molecule has 12 rings (SSSR count). The number of oxazole rings is 1. The van der Waals surface area contributed by atoms with Crippen molar-refractivity contribution in [1.82, 2.24) is 75.3 Å².